The molecule has 2 aliphatic rings. The van der Waals surface area contributed by atoms with E-state index in [0.29, 0.717) is 13.1 Å². The fourth-order valence-corrected chi connectivity index (χ4v) is 4.96. The summed E-state index contributed by atoms with van der Waals surface area (Å²) in [7, 11) is 0. The maximum Gasteiger partial charge on any atom is 0.238 e. The highest BCUT2D eigenvalue weighted by Gasteiger charge is 2.58. The Morgan fingerprint density at radius 3 is 2.88 bits per heavy atom. The van der Waals surface area contributed by atoms with Crippen LogP contribution in [0.25, 0.3) is 10.2 Å². The average Bonchev–Trinajstić information content (AvgIpc) is 3.30. The summed E-state index contributed by atoms with van der Waals surface area (Å²) in [6, 6.07) is 18.1. The third-order valence-electron chi connectivity index (χ3n) is 5.21. The monoisotopic (exact) mass is 346 g/mol. The fourth-order valence-electron chi connectivity index (χ4n) is 3.98. The van der Waals surface area contributed by atoms with Gasteiger partial charge in [-0.05, 0) is 23.8 Å². The number of amides is 1. The van der Waals surface area contributed by atoms with E-state index < -0.39 is 11.3 Å². The second kappa shape index (κ2) is 5.04. The summed E-state index contributed by atoms with van der Waals surface area (Å²) in [6.07, 6.45) is 0. The van der Waals surface area contributed by atoms with Gasteiger partial charge in [0.1, 0.15) is 5.41 Å². The SMILES string of the molecule is N#CC1CN(c2nc3ccccc3s2)CC12C(=O)Nc1ccccc12. The third-order valence-corrected chi connectivity index (χ3v) is 6.31. The first-order valence-corrected chi connectivity index (χ1v) is 8.95. The van der Waals surface area contributed by atoms with Gasteiger partial charge in [-0.1, -0.05) is 41.7 Å². The van der Waals surface area contributed by atoms with Crippen molar-refractivity contribution in [2.75, 3.05) is 23.3 Å². The number of hydrogen-bond acceptors (Lipinski definition) is 5. The van der Waals surface area contributed by atoms with Crippen molar-refractivity contribution in [3.8, 4) is 6.07 Å². The molecule has 3 heterocycles. The van der Waals surface area contributed by atoms with E-state index in [0.717, 1.165) is 26.6 Å². The largest absolute Gasteiger partial charge is 0.345 e. The van der Waals surface area contributed by atoms with E-state index in [1.54, 1.807) is 11.3 Å². The summed E-state index contributed by atoms with van der Waals surface area (Å²) in [6.45, 7) is 0.992. The molecule has 5 nitrogen and oxygen atoms in total. The summed E-state index contributed by atoms with van der Waals surface area (Å²) in [5, 5.41) is 13.6. The van der Waals surface area contributed by atoms with E-state index in [1.807, 2.05) is 48.5 Å². The van der Waals surface area contributed by atoms with Gasteiger partial charge in [-0.25, -0.2) is 4.98 Å². The van der Waals surface area contributed by atoms with Crippen LogP contribution >= 0.6 is 11.3 Å². The number of carbonyl (C=O) groups excluding carboxylic acids is 1. The van der Waals surface area contributed by atoms with Crippen molar-refractivity contribution in [3.63, 3.8) is 0 Å². The zero-order valence-corrected chi connectivity index (χ0v) is 14.1. The number of nitriles is 1. The van der Waals surface area contributed by atoms with Gasteiger partial charge in [0.05, 0.1) is 22.2 Å². The lowest BCUT2D eigenvalue weighted by atomic mass is 9.74. The Kier molecular flexibility index (Phi) is 2.91. The standard InChI is InChI=1S/C19H14N4OS/c20-9-12-10-23(18-22-15-7-3-4-8-16(15)25-18)11-19(12)13-5-1-2-6-14(13)21-17(19)24/h1-8,12H,10-11H2,(H,21,24). The summed E-state index contributed by atoms with van der Waals surface area (Å²) in [5.41, 5.74) is 1.88. The van der Waals surface area contributed by atoms with Gasteiger partial charge in [0.25, 0.3) is 0 Å². The molecular formula is C19H14N4OS. The quantitative estimate of drug-likeness (QED) is 0.735. The predicted octanol–water partition coefficient (Wildman–Crippen LogP) is 3.15. The maximum absolute atomic E-state index is 12.9. The van der Waals surface area contributed by atoms with Crippen LogP contribution in [0.4, 0.5) is 10.8 Å². The van der Waals surface area contributed by atoms with Gasteiger partial charge in [0, 0.05) is 18.8 Å². The highest BCUT2D eigenvalue weighted by Crippen LogP contribution is 2.48. The Balaban J connectivity index is 1.61. The van der Waals surface area contributed by atoms with Gasteiger partial charge in [-0.3, -0.25) is 4.79 Å². The van der Waals surface area contributed by atoms with Gasteiger partial charge in [0.2, 0.25) is 5.91 Å². The number of rotatable bonds is 1. The molecule has 0 saturated carbocycles. The van der Waals surface area contributed by atoms with Crippen molar-refractivity contribution in [1.82, 2.24) is 4.98 Å². The minimum Gasteiger partial charge on any atom is -0.345 e. The molecule has 0 aliphatic carbocycles. The Labute approximate surface area is 148 Å². The molecule has 25 heavy (non-hydrogen) atoms. The summed E-state index contributed by atoms with van der Waals surface area (Å²) < 4.78 is 1.11. The highest BCUT2D eigenvalue weighted by molar-refractivity contribution is 7.22. The van der Waals surface area contributed by atoms with Crippen LogP contribution in [0.5, 0.6) is 0 Å². The molecule has 1 N–H and O–H groups in total. The lowest BCUT2D eigenvalue weighted by molar-refractivity contribution is -0.120. The number of carbonyl (C=O) groups is 1. The molecule has 2 aromatic carbocycles. The minimum atomic E-state index is -0.816. The van der Waals surface area contributed by atoms with Gasteiger partial charge in [-0.15, -0.1) is 0 Å². The summed E-state index contributed by atoms with van der Waals surface area (Å²) >= 11 is 1.61. The van der Waals surface area contributed by atoms with E-state index in [-0.39, 0.29) is 5.91 Å². The average molecular weight is 346 g/mol. The van der Waals surface area contributed by atoms with Crippen LogP contribution in [0.2, 0.25) is 0 Å². The van der Waals surface area contributed by atoms with Crippen molar-refractivity contribution in [2.45, 2.75) is 5.41 Å². The van der Waals surface area contributed by atoms with Gasteiger partial charge in [0.15, 0.2) is 5.13 Å². The number of thiazole rings is 1. The summed E-state index contributed by atoms with van der Waals surface area (Å²) in [4.78, 5) is 19.7. The molecule has 2 aliphatic heterocycles. The fraction of sp³-hybridized carbons (Fsp3) is 0.211. The molecule has 6 heteroatoms. The molecule has 1 aromatic heterocycles. The number of fused-ring (bicyclic) bond motifs is 3. The number of benzene rings is 2. The van der Waals surface area contributed by atoms with Crippen LogP contribution in [-0.2, 0) is 10.2 Å². The molecule has 3 aromatic rings. The minimum absolute atomic E-state index is 0.0798. The van der Waals surface area contributed by atoms with E-state index >= 15 is 0 Å². The molecule has 2 atom stereocenters. The van der Waals surface area contributed by atoms with Crippen LogP contribution in [0.1, 0.15) is 5.56 Å². The van der Waals surface area contributed by atoms with Crippen molar-refractivity contribution >= 4 is 38.3 Å². The van der Waals surface area contributed by atoms with E-state index in [9.17, 15) is 10.1 Å². The molecule has 1 fully saturated rings. The van der Waals surface area contributed by atoms with Crippen molar-refractivity contribution in [3.05, 3.63) is 54.1 Å². The van der Waals surface area contributed by atoms with Crippen LogP contribution < -0.4 is 10.2 Å². The zero-order valence-electron chi connectivity index (χ0n) is 13.3. The van der Waals surface area contributed by atoms with Crippen LogP contribution in [0.15, 0.2) is 48.5 Å². The number of nitrogens with one attached hydrogen (secondary N) is 1. The second-order valence-corrected chi connectivity index (χ2v) is 7.51. The summed E-state index contributed by atoms with van der Waals surface area (Å²) in [5.74, 6) is -0.480. The number of anilines is 2. The molecule has 1 amide bonds. The van der Waals surface area contributed by atoms with E-state index in [1.165, 1.54) is 0 Å². The maximum atomic E-state index is 12.9. The molecule has 5 rings (SSSR count). The van der Waals surface area contributed by atoms with Crippen LogP contribution in [-0.4, -0.2) is 24.0 Å². The molecule has 1 spiro atoms. The Hall–Kier alpha value is -2.91. The molecule has 0 radical (unpaired) electrons. The van der Waals surface area contributed by atoms with Gasteiger partial charge >= 0.3 is 0 Å². The zero-order chi connectivity index (χ0) is 17.0. The lowest BCUT2D eigenvalue weighted by Crippen LogP contribution is -2.41. The normalized spacial score (nSPS) is 24.5. The van der Waals surface area contributed by atoms with E-state index in [4.69, 9.17) is 4.98 Å². The topological polar surface area (TPSA) is 69.0 Å². The molecule has 122 valence electrons. The Morgan fingerprint density at radius 2 is 2.04 bits per heavy atom. The first kappa shape index (κ1) is 14.4. The van der Waals surface area contributed by atoms with Crippen molar-refractivity contribution < 1.29 is 4.79 Å². The van der Waals surface area contributed by atoms with Crippen LogP contribution in [0, 0.1) is 17.2 Å². The first-order valence-electron chi connectivity index (χ1n) is 8.13. The van der Waals surface area contributed by atoms with Gasteiger partial charge in [-0.2, -0.15) is 5.26 Å². The number of nitrogens with zero attached hydrogens (tertiary/aromatic N) is 3. The third kappa shape index (κ3) is 1.87. The number of hydrogen-bond donors (Lipinski definition) is 1. The predicted molar refractivity (Wildman–Crippen MR) is 97.7 cm³/mol. The van der Waals surface area contributed by atoms with Crippen molar-refractivity contribution in [1.29, 1.82) is 5.26 Å². The molecule has 1 saturated heterocycles. The van der Waals surface area contributed by atoms with Crippen molar-refractivity contribution in [2.24, 2.45) is 5.92 Å². The number of para-hydroxylation sites is 2. The number of aromatic nitrogens is 1. The Bertz CT molecular complexity index is 1020. The second-order valence-electron chi connectivity index (χ2n) is 6.50. The molecule has 2 unspecified atom stereocenters. The van der Waals surface area contributed by atoms with Gasteiger partial charge < -0.3 is 10.2 Å². The molecule has 0 bridgehead atoms. The van der Waals surface area contributed by atoms with Crippen LogP contribution in [0.3, 0.4) is 0 Å². The smallest absolute Gasteiger partial charge is 0.238 e. The van der Waals surface area contributed by atoms with E-state index in [2.05, 4.69) is 16.3 Å². The highest BCUT2D eigenvalue weighted by atomic mass is 32.1. The lowest BCUT2D eigenvalue weighted by Gasteiger charge is -2.24. The molecular weight excluding hydrogens is 332 g/mol. The Morgan fingerprint density at radius 1 is 1.24 bits per heavy atom. The first-order chi connectivity index (χ1) is 12.2.